The molecule has 0 amide bonds. The van der Waals surface area contributed by atoms with Crippen molar-refractivity contribution in [2.75, 3.05) is 0 Å². The summed E-state index contributed by atoms with van der Waals surface area (Å²) in [5.41, 5.74) is -1.80. The van der Waals surface area contributed by atoms with Crippen molar-refractivity contribution < 1.29 is 29.6 Å². The Kier molecular flexibility index (Phi) is 4.22. The van der Waals surface area contributed by atoms with Gasteiger partial charge in [0.1, 0.15) is 6.10 Å². The van der Waals surface area contributed by atoms with Gasteiger partial charge in [0, 0.05) is 18.3 Å². The molecule has 3 unspecified atom stereocenters. The molecule has 0 aromatic heterocycles. The van der Waals surface area contributed by atoms with Crippen LogP contribution in [-0.2, 0) is 14.3 Å². The number of ether oxygens (including phenoxy) is 1. The summed E-state index contributed by atoms with van der Waals surface area (Å²) in [7, 11) is 0. The minimum absolute atomic E-state index is 0.0126. The Morgan fingerprint density at radius 2 is 1.79 bits per heavy atom. The summed E-state index contributed by atoms with van der Waals surface area (Å²) in [6.45, 7) is 11.5. The first-order chi connectivity index (χ1) is 12.9. The van der Waals surface area contributed by atoms with Crippen LogP contribution in [0.4, 0.5) is 0 Å². The van der Waals surface area contributed by atoms with Gasteiger partial charge in [0.25, 0.3) is 0 Å². The number of Topliss-reactive ketones (excluding diaryl/α,β-unsaturated/α-hetero) is 1. The van der Waals surface area contributed by atoms with Crippen molar-refractivity contribution in [3.8, 4) is 0 Å². The van der Waals surface area contributed by atoms with Gasteiger partial charge >= 0.3 is 5.97 Å². The minimum Gasteiger partial charge on any atom is -0.462 e. The number of ketones is 1. The molecule has 0 saturated heterocycles. The molecule has 4 saturated carbocycles. The molecule has 6 nitrogen and oxygen atoms in total. The molecule has 9 atom stereocenters. The number of aliphatic hydroxyl groups is 3. The second kappa shape index (κ2) is 5.89. The van der Waals surface area contributed by atoms with Crippen LogP contribution >= 0.6 is 0 Å². The highest BCUT2D eigenvalue weighted by molar-refractivity contribution is 6.04. The van der Waals surface area contributed by atoms with Gasteiger partial charge in [-0.15, -0.1) is 0 Å². The van der Waals surface area contributed by atoms with E-state index in [-0.39, 0.29) is 40.7 Å². The van der Waals surface area contributed by atoms with Crippen LogP contribution in [0.5, 0.6) is 0 Å². The maximum absolute atomic E-state index is 13.3. The van der Waals surface area contributed by atoms with Gasteiger partial charge in [0.15, 0.2) is 5.78 Å². The fourth-order valence-corrected chi connectivity index (χ4v) is 7.72. The highest BCUT2D eigenvalue weighted by Gasteiger charge is 2.75. The molecule has 0 aliphatic heterocycles. The van der Waals surface area contributed by atoms with Gasteiger partial charge in [-0.3, -0.25) is 9.59 Å². The van der Waals surface area contributed by atoms with E-state index in [9.17, 15) is 24.9 Å². The standard InChI is InChI=1S/C22H32O6/c1-10-17-12(24)8-14-21(5)7-6-16(28-11(2)23)20(3,4)13(21)9-15(25)22(14,18(10)26)19(17)27/h12-17,19,24-25,27H,1,6-9H2,2-5H3/t12?,13-,14?,15-,16-,17+,19+,21?,22-/m0/s1. The topological polar surface area (TPSA) is 104 Å². The molecule has 4 fully saturated rings. The first kappa shape index (κ1) is 20.0. The Bertz CT molecular complexity index is 743. The van der Waals surface area contributed by atoms with Crippen molar-refractivity contribution in [3.05, 3.63) is 12.2 Å². The van der Waals surface area contributed by atoms with E-state index >= 15 is 0 Å². The first-order valence-corrected chi connectivity index (χ1v) is 10.3. The number of carbonyl (C=O) groups excluding carboxylic acids is 2. The van der Waals surface area contributed by atoms with Crippen LogP contribution in [0.1, 0.15) is 53.4 Å². The number of hydrogen-bond donors (Lipinski definition) is 3. The van der Waals surface area contributed by atoms with E-state index < -0.39 is 35.1 Å². The molecule has 1 spiro atoms. The number of aliphatic hydroxyl groups excluding tert-OH is 3. The summed E-state index contributed by atoms with van der Waals surface area (Å²) in [5, 5.41) is 33.1. The lowest BCUT2D eigenvalue weighted by molar-refractivity contribution is -0.252. The van der Waals surface area contributed by atoms with Gasteiger partial charge in [-0.1, -0.05) is 27.4 Å². The van der Waals surface area contributed by atoms with Crippen molar-refractivity contribution in [1.29, 1.82) is 0 Å². The highest BCUT2D eigenvalue weighted by atomic mass is 16.5. The predicted molar refractivity (Wildman–Crippen MR) is 101 cm³/mol. The number of carbonyl (C=O) groups is 2. The van der Waals surface area contributed by atoms with E-state index in [2.05, 4.69) is 27.4 Å². The lowest BCUT2D eigenvalue weighted by Crippen LogP contribution is -2.69. The molecule has 0 heterocycles. The fourth-order valence-electron chi connectivity index (χ4n) is 7.72. The third-order valence-corrected chi connectivity index (χ3v) is 8.97. The minimum atomic E-state index is -1.28. The Labute approximate surface area is 166 Å². The van der Waals surface area contributed by atoms with Gasteiger partial charge < -0.3 is 20.1 Å². The average Bonchev–Trinajstić information content (AvgIpc) is 2.72. The largest absolute Gasteiger partial charge is 0.462 e. The third kappa shape index (κ3) is 2.14. The van der Waals surface area contributed by atoms with E-state index in [4.69, 9.17) is 4.74 Å². The lowest BCUT2D eigenvalue weighted by Gasteiger charge is -2.66. The van der Waals surface area contributed by atoms with Gasteiger partial charge in [-0.2, -0.15) is 0 Å². The average molecular weight is 392 g/mol. The normalized spacial score (nSPS) is 52.0. The van der Waals surface area contributed by atoms with E-state index in [0.29, 0.717) is 25.7 Å². The quantitative estimate of drug-likeness (QED) is 0.463. The van der Waals surface area contributed by atoms with Gasteiger partial charge in [0.2, 0.25) is 0 Å². The molecule has 3 N–H and O–H groups in total. The zero-order chi connectivity index (χ0) is 20.8. The van der Waals surface area contributed by atoms with Crippen molar-refractivity contribution in [2.45, 2.75) is 77.8 Å². The number of esters is 1. The molecule has 4 aliphatic carbocycles. The van der Waals surface area contributed by atoms with Crippen LogP contribution in [0.15, 0.2) is 12.2 Å². The molecule has 0 aromatic rings. The molecule has 0 aromatic carbocycles. The fraction of sp³-hybridized carbons (Fsp3) is 0.818. The Morgan fingerprint density at radius 1 is 1.14 bits per heavy atom. The summed E-state index contributed by atoms with van der Waals surface area (Å²) in [4.78, 5) is 24.9. The molecule has 4 rings (SSSR count). The molecule has 4 aliphatic rings. The summed E-state index contributed by atoms with van der Waals surface area (Å²) in [5.74, 6) is -1.65. The molecule has 2 bridgehead atoms. The van der Waals surface area contributed by atoms with E-state index in [0.717, 1.165) is 0 Å². The number of rotatable bonds is 1. The van der Waals surface area contributed by atoms with Crippen molar-refractivity contribution in [2.24, 2.45) is 34.0 Å². The summed E-state index contributed by atoms with van der Waals surface area (Å²) >= 11 is 0. The third-order valence-electron chi connectivity index (χ3n) is 8.97. The van der Waals surface area contributed by atoms with Crippen LogP contribution in [0, 0.1) is 34.0 Å². The Morgan fingerprint density at radius 3 is 2.39 bits per heavy atom. The number of hydrogen-bond acceptors (Lipinski definition) is 6. The van der Waals surface area contributed by atoms with E-state index in [1.165, 1.54) is 6.92 Å². The predicted octanol–water partition coefficient (Wildman–Crippen LogP) is 1.61. The summed E-state index contributed by atoms with van der Waals surface area (Å²) in [6, 6.07) is 0. The second-order valence-corrected chi connectivity index (χ2v) is 10.4. The van der Waals surface area contributed by atoms with Crippen LogP contribution in [-0.4, -0.2) is 51.5 Å². The molecule has 6 heteroatoms. The molecule has 156 valence electrons. The number of fused-ring (bicyclic) bond motifs is 3. The van der Waals surface area contributed by atoms with Crippen LogP contribution in [0.2, 0.25) is 0 Å². The lowest BCUT2D eigenvalue weighted by atomic mass is 9.39. The Balaban J connectivity index is 1.81. The maximum atomic E-state index is 13.3. The molecule has 28 heavy (non-hydrogen) atoms. The monoisotopic (exact) mass is 392 g/mol. The van der Waals surface area contributed by atoms with Crippen molar-refractivity contribution in [3.63, 3.8) is 0 Å². The second-order valence-electron chi connectivity index (χ2n) is 10.4. The first-order valence-electron chi connectivity index (χ1n) is 10.3. The zero-order valence-corrected chi connectivity index (χ0v) is 17.1. The van der Waals surface area contributed by atoms with Crippen LogP contribution in [0.25, 0.3) is 0 Å². The van der Waals surface area contributed by atoms with Crippen molar-refractivity contribution in [1.82, 2.24) is 0 Å². The Hall–Kier alpha value is -1.24. The molecular weight excluding hydrogens is 360 g/mol. The maximum Gasteiger partial charge on any atom is 0.302 e. The zero-order valence-electron chi connectivity index (χ0n) is 17.1. The molecular formula is C22H32O6. The SMILES string of the molecule is C=C1C(=O)[C@@]23C(CC(O)[C@@H]1[C@H]2O)C1(C)CC[C@H](OC(C)=O)C(C)(C)[C@@H]1C[C@@H]3O. The van der Waals surface area contributed by atoms with Gasteiger partial charge in [-0.25, -0.2) is 0 Å². The highest BCUT2D eigenvalue weighted by Crippen LogP contribution is 2.71. The van der Waals surface area contributed by atoms with Gasteiger partial charge in [-0.05, 0) is 48.5 Å². The van der Waals surface area contributed by atoms with Crippen LogP contribution in [0.3, 0.4) is 0 Å². The summed E-state index contributed by atoms with van der Waals surface area (Å²) in [6.07, 6.45) is -1.13. The summed E-state index contributed by atoms with van der Waals surface area (Å²) < 4.78 is 5.61. The van der Waals surface area contributed by atoms with Crippen LogP contribution < -0.4 is 0 Å². The smallest absolute Gasteiger partial charge is 0.302 e. The van der Waals surface area contributed by atoms with E-state index in [1.54, 1.807) is 0 Å². The van der Waals surface area contributed by atoms with Gasteiger partial charge in [0.05, 0.1) is 23.7 Å². The molecule has 0 radical (unpaired) electrons. The van der Waals surface area contributed by atoms with E-state index in [1.807, 2.05) is 0 Å². The van der Waals surface area contributed by atoms with Crippen molar-refractivity contribution >= 4 is 11.8 Å².